The molecule has 2 aromatic rings. The fourth-order valence-electron chi connectivity index (χ4n) is 5.32. The Balaban J connectivity index is 1.18. The van der Waals surface area contributed by atoms with E-state index in [0.717, 1.165) is 18.4 Å². The van der Waals surface area contributed by atoms with Crippen LogP contribution in [0.25, 0.3) is 0 Å². The number of ketones is 1. The normalized spacial score (nSPS) is 28.8. The minimum atomic E-state index is -0.920. The number of benzene rings is 2. The van der Waals surface area contributed by atoms with Crippen molar-refractivity contribution < 1.29 is 28.6 Å². The molecule has 6 atom stereocenters. The van der Waals surface area contributed by atoms with Crippen molar-refractivity contribution >= 4 is 17.7 Å². The van der Waals surface area contributed by atoms with E-state index in [0.29, 0.717) is 17.9 Å². The second-order valence-electron chi connectivity index (χ2n) is 8.66. The van der Waals surface area contributed by atoms with Crippen LogP contribution in [0.15, 0.2) is 54.6 Å². The van der Waals surface area contributed by atoms with Crippen LogP contribution in [0, 0.1) is 23.7 Å². The summed E-state index contributed by atoms with van der Waals surface area (Å²) in [4.78, 5) is 37.7. The Morgan fingerprint density at radius 3 is 2.55 bits per heavy atom. The molecule has 2 saturated carbocycles. The largest absolute Gasteiger partial charge is 0.489 e. The van der Waals surface area contributed by atoms with Crippen LogP contribution in [0.4, 0.5) is 0 Å². The first kappa shape index (κ1) is 19.8. The van der Waals surface area contributed by atoms with Crippen molar-refractivity contribution in [2.75, 3.05) is 0 Å². The predicted octanol–water partition coefficient (Wildman–Crippen LogP) is 3.58. The first-order valence-corrected chi connectivity index (χ1v) is 10.7. The van der Waals surface area contributed by atoms with Gasteiger partial charge in [-0.15, -0.1) is 0 Å². The van der Waals surface area contributed by atoms with Gasteiger partial charge in [0, 0.05) is 11.5 Å². The van der Waals surface area contributed by atoms with E-state index in [1.165, 1.54) is 0 Å². The maximum absolute atomic E-state index is 12.8. The summed E-state index contributed by atoms with van der Waals surface area (Å²) in [5.41, 5.74) is 1.50. The standard InChI is InChI=1S/C25H24O6/c1-14(30-24(27)21-17-11-19-20(12-17)31-25(28)22(19)21)23(26)16-7-9-18(10-8-16)29-13-15-5-3-2-4-6-15/h2-10,14,17,19-22H,11-13H2,1H3/t14-,17+,19-,20+,21+,22-/m0/s1. The highest BCUT2D eigenvalue weighted by Crippen LogP contribution is 2.58. The van der Waals surface area contributed by atoms with Crippen LogP contribution in [0.5, 0.6) is 5.75 Å². The van der Waals surface area contributed by atoms with Crippen LogP contribution < -0.4 is 4.74 Å². The number of hydrogen-bond acceptors (Lipinski definition) is 6. The number of fused-ring (bicyclic) bond motifs is 1. The molecule has 3 aliphatic rings. The molecule has 0 radical (unpaired) electrons. The molecule has 31 heavy (non-hydrogen) atoms. The number of carbonyl (C=O) groups is 3. The zero-order valence-corrected chi connectivity index (χ0v) is 17.2. The Hall–Kier alpha value is -3.15. The van der Waals surface area contributed by atoms with E-state index < -0.39 is 23.9 Å². The van der Waals surface area contributed by atoms with Crippen molar-refractivity contribution in [2.45, 2.75) is 38.6 Å². The third kappa shape index (κ3) is 3.60. The Kier molecular flexibility index (Phi) is 5.00. The number of ether oxygens (including phenoxy) is 3. The molecule has 1 saturated heterocycles. The average Bonchev–Trinajstić information content (AvgIpc) is 3.41. The Labute approximate surface area is 180 Å². The molecule has 0 unspecified atom stereocenters. The van der Waals surface area contributed by atoms with E-state index >= 15 is 0 Å². The molecular weight excluding hydrogens is 396 g/mol. The van der Waals surface area contributed by atoms with E-state index in [1.807, 2.05) is 30.3 Å². The summed E-state index contributed by atoms with van der Waals surface area (Å²) >= 11 is 0. The number of esters is 2. The molecule has 1 heterocycles. The number of carbonyl (C=O) groups excluding carboxylic acids is 3. The van der Waals surface area contributed by atoms with Crippen molar-refractivity contribution in [2.24, 2.45) is 23.7 Å². The van der Waals surface area contributed by atoms with Gasteiger partial charge >= 0.3 is 11.9 Å². The van der Waals surface area contributed by atoms with Gasteiger partial charge in [-0.1, -0.05) is 30.3 Å². The van der Waals surface area contributed by atoms with Gasteiger partial charge in [0.2, 0.25) is 5.78 Å². The van der Waals surface area contributed by atoms with Gasteiger partial charge in [-0.3, -0.25) is 14.4 Å². The lowest BCUT2D eigenvalue weighted by molar-refractivity contribution is -0.157. The Bertz CT molecular complexity index is 996. The SMILES string of the molecule is C[C@H](OC(=O)[C@@H]1[C@@H]2C[C@@H]3[C@@H]1C(=O)O[C@@H]3C2)C(=O)c1ccc(OCc2ccccc2)cc1. The van der Waals surface area contributed by atoms with Gasteiger partial charge in [-0.2, -0.15) is 0 Å². The van der Waals surface area contributed by atoms with Crippen LogP contribution in [0.2, 0.25) is 0 Å². The summed E-state index contributed by atoms with van der Waals surface area (Å²) in [6.07, 6.45) is 0.594. The van der Waals surface area contributed by atoms with Gasteiger partial charge in [0.1, 0.15) is 18.5 Å². The molecule has 1 aliphatic heterocycles. The van der Waals surface area contributed by atoms with Gasteiger partial charge < -0.3 is 14.2 Å². The molecule has 5 rings (SSSR count). The molecule has 0 N–H and O–H groups in total. The fraction of sp³-hybridized carbons (Fsp3) is 0.400. The highest BCUT2D eigenvalue weighted by atomic mass is 16.6. The number of Topliss-reactive ketones (excluding diaryl/α,β-unsaturated/α-hetero) is 1. The minimum absolute atomic E-state index is 0.0340. The Morgan fingerprint density at radius 1 is 1.06 bits per heavy atom. The van der Waals surface area contributed by atoms with Gasteiger partial charge in [0.25, 0.3) is 0 Å². The van der Waals surface area contributed by atoms with Crippen LogP contribution in [0.1, 0.15) is 35.7 Å². The Morgan fingerprint density at radius 2 is 1.81 bits per heavy atom. The summed E-state index contributed by atoms with van der Waals surface area (Å²) in [7, 11) is 0. The molecule has 6 nitrogen and oxygen atoms in total. The van der Waals surface area contributed by atoms with E-state index in [2.05, 4.69) is 0 Å². The third-order valence-electron chi connectivity index (χ3n) is 6.80. The van der Waals surface area contributed by atoms with Crippen molar-refractivity contribution in [3.05, 3.63) is 65.7 Å². The van der Waals surface area contributed by atoms with Crippen LogP contribution in [-0.2, 0) is 25.7 Å². The van der Waals surface area contributed by atoms with Crippen LogP contribution >= 0.6 is 0 Å². The quantitative estimate of drug-likeness (QED) is 0.503. The summed E-state index contributed by atoms with van der Waals surface area (Å²) < 4.78 is 16.6. The predicted molar refractivity (Wildman–Crippen MR) is 110 cm³/mol. The minimum Gasteiger partial charge on any atom is -0.489 e. The summed E-state index contributed by atoms with van der Waals surface area (Å²) in [5.74, 6) is -1.02. The number of hydrogen-bond donors (Lipinski definition) is 0. The molecule has 0 spiro atoms. The fourth-order valence-corrected chi connectivity index (χ4v) is 5.32. The summed E-state index contributed by atoms with van der Waals surface area (Å²) in [6, 6.07) is 16.6. The smallest absolute Gasteiger partial charge is 0.310 e. The maximum atomic E-state index is 12.8. The van der Waals surface area contributed by atoms with E-state index in [-0.39, 0.29) is 29.7 Å². The summed E-state index contributed by atoms with van der Waals surface area (Å²) in [6.45, 7) is 2.01. The second kappa shape index (κ2) is 7.84. The maximum Gasteiger partial charge on any atom is 0.310 e. The lowest BCUT2D eigenvalue weighted by Gasteiger charge is -2.24. The second-order valence-corrected chi connectivity index (χ2v) is 8.66. The van der Waals surface area contributed by atoms with Crippen LogP contribution in [0.3, 0.4) is 0 Å². The number of rotatable bonds is 7. The highest BCUT2D eigenvalue weighted by Gasteiger charge is 2.64. The summed E-state index contributed by atoms with van der Waals surface area (Å²) in [5, 5.41) is 0. The molecule has 2 bridgehead atoms. The average molecular weight is 420 g/mol. The molecule has 3 fully saturated rings. The van der Waals surface area contributed by atoms with Crippen LogP contribution in [-0.4, -0.2) is 29.9 Å². The van der Waals surface area contributed by atoms with Gasteiger partial charge in [-0.25, -0.2) is 0 Å². The van der Waals surface area contributed by atoms with Crippen molar-refractivity contribution in [1.82, 2.24) is 0 Å². The highest BCUT2D eigenvalue weighted by molar-refractivity contribution is 6.00. The zero-order chi connectivity index (χ0) is 21.5. The van der Waals surface area contributed by atoms with E-state index in [1.54, 1.807) is 31.2 Å². The molecule has 6 heteroatoms. The van der Waals surface area contributed by atoms with Crippen molar-refractivity contribution in [3.63, 3.8) is 0 Å². The molecule has 2 aromatic carbocycles. The van der Waals surface area contributed by atoms with Crippen molar-refractivity contribution in [1.29, 1.82) is 0 Å². The molecule has 0 amide bonds. The lowest BCUT2D eigenvalue weighted by Crippen LogP contribution is -2.36. The van der Waals surface area contributed by atoms with Gasteiger partial charge in [0.15, 0.2) is 6.10 Å². The van der Waals surface area contributed by atoms with Gasteiger partial charge in [-0.05, 0) is 55.5 Å². The first-order chi connectivity index (χ1) is 15.0. The lowest BCUT2D eigenvalue weighted by atomic mass is 9.80. The van der Waals surface area contributed by atoms with Crippen molar-refractivity contribution in [3.8, 4) is 5.75 Å². The first-order valence-electron chi connectivity index (χ1n) is 10.7. The third-order valence-corrected chi connectivity index (χ3v) is 6.80. The molecule has 2 aliphatic carbocycles. The van der Waals surface area contributed by atoms with E-state index in [4.69, 9.17) is 14.2 Å². The molecule has 0 aromatic heterocycles. The molecule has 160 valence electrons. The topological polar surface area (TPSA) is 78.9 Å². The molecular formula is C25H24O6. The van der Waals surface area contributed by atoms with Gasteiger partial charge in [0.05, 0.1) is 11.8 Å². The van der Waals surface area contributed by atoms with E-state index in [9.17, 15) is 14.4 Å². The zero-order valence-electron chi connectivity index (χ0n) is 17.2. The monoisotopic (exact) mass is 420 g/mol.